The van der Waals surface area contributed by atoms with Crippen molar-refractivity contribution in [3.05, 3.63) is 35.9 Å². The van der Waals surface area contributed by atoms with Crippen LogP contribution in [0.25, 0.3) is 0 Å². The Labute approximate surface area is 103 Å². The van der Waals surface area contributed by atoms with Crippen LogP contribution in [0.4, 0.5) is 0 Å². The smallest absolute Gasteiger partial charge is 0.103 e. The number of benzene rings is 1. The molecule has 0 radical (unpaired) electrons. The molecule has 17 heavy (non-hydrogen) atoms. The molecular weight excluding hydrogens is 212 g/mol. The highest BCUT2D eigenvalue weighted by molar-refractivity contribution is 5.86. The van der Waals surface area contributed by atoms with Gasteiger partial charge in [-0.15, -0.1) is 0 Å². The second-order valence-corrected chi connectivity index (χ2v) is 5.12. The van der Waals surface area contributed by atoms with Gasteiger partial charge in [0.2, 0.25) is 0 Å². The van der Waals surface area contributed by atoms with E-state index in [4.69, 9.17) is 5.21 Å². The van der Waals surface area contributed by atoms with Gasteiger partial charge in [0, 0.05) is 17.9 Å². The van der Waals surface area contributed by atoms with Crippen molar-refractivity contribution in [2.75, 3.05) is 6.54 Å². The number of hydrogen-bond acceptors (Lipinski definition) is 2. The van der Waals surface area contributed by atoms with Crippen LogP contribution in [0.5, 0.6) is 0 Å². The highest BCUT2D eigenvalue weighted by Gasteiger charge is 2.31. The first-order valence-electron chi connectivity index (χ1n) is 6.30. The molecule has 1 unspecified atom stereocenters. The zero-order chi connectivity index (χ0) is 12.3. The predicted octanol–water partition coefficient (Wildman–Crippen LogP) is 1.33. The quantitative estimate of drug-likeness (QED) is 0.587. The molecule has 1 aromatic carbocycles. The molecule has 0 amide bonds. The predicted molar refractivity (Wildman–Crippen MR) is 68.4 cm³/mol. The van der Waals surface area contributed by atoms with E-state index in [0.717, 1.165) is 25.2 Å². The van der Waals surface area contributed by atoms with Gasteiger partial charge in [-0.2, -0.15) is 0 Å². The van der Waals surface area contributed by atoms with Crippen molar-refractivity contribution in [2.45, 2.75) is 32.9 Å². The summed E-state index contributed by atoms with van der Waals surface area (Å²) in [6, 6.07) is 11.1. The van der Waals surface area contributed by atoms with Crippen LogP contribution >= 0.6 is 0 Å². The Morgan fingerprint density at radius 1 is 1.29 bits per heavy atom. The molecule has 0 aromatic heterocycles. The molecule has 1 aliphatic rings. The summed E-state index contributed by atoms with van der Waals surface area (Å²) in [7, 11) is 0. The second kappa shape index (κ2) is 5.32. The van der Waals surface area contributed by atoms with Crippen molar-refractivity contribution in [3.63, 3.8) is 0 Å². The van der Waals surface area contributed by atoms with Crippen molar-refractivity contribution in [1.29, 1.82) is 0 Å². The number of piperidine rings is 1. The van der Waals surface area contributed by atoms with E-state index < -0.39 is 0 Å². The minimum atomic E-state index is 0.384. The van der Waals surface area contributed by atoms with Crippen LogP contribution in [-0.2, 0) is 6.54 Å². The molecule has 1 saturated heterocycles. The van der Waals surface area contributed by atoms with Crippen LogP contribution in [-0.4, -0.2) is 23.5 Å². The molecule has 3 atom stereocenters. The maximum atomic E-state index is 8.93. The van der Waals surface area contributed by atoms with E-state index in [0.29, 0.717) is 12.0 Å². The van der Waals surface area contributed by atoms with E-state index >= 15 is 0 Å². The van der Waals surface area contributed by atoms with Crippen LogP contribution in [0.15, 0.2) is 35.5 Å². The summed E-state index contributed by atoms with van der Waals surface area (Å²) in [4.78, 5) is 1.58. The molecule has 2 N–H and O–H groups in total. The summed E-state index contributed by atoms with van der Waals surface area (Å²) in [5, 5.41) is 12.4. The van der Waals surface area contributed by atoms with Gasteiger partial charge in [0.25, 0.3) is 0 Å². The first-order chi connectivity index (χ1) is 8.20. The number of oxime groups is 1. The minimum Gasteiger partial charge on any atom is -0.411 e. The molecule has 92 valence electrons. The second-order valence-electron chi connectivity index (χ2n) is 5.12. The lowest BCUT2D eigenvalue weighted by atomic mass is 9.92. The van der Waals surface area contributed by atoms with Gasteiger partial charge in [-0.25, -0.2) is 0 Å². The normalized spacial score (nSPS) is 31.6. The van der Waals surface area contributed by atoms with Gasteiger partial charge < -0.3 is 10.1 Å². The van der Waals surface area contributed by atoms with E-state index in [-0.39, 0.29) is 0 Å². The third kappa shape index (κ3) is 2.86. The Bertz CT molecular complexity index is 388. The Morgan fingerprint density at radius 3 is 2.65 bits per heavy atom. The molecule has 0 spiro atoms. The molecule has 1 aliphatic heterocycles. The lowest BCUT2D eigenvalue weighted by molar-refractivity contribution is -0.940. The highest BCUT2D eigenvalue weighted by Crippen LogP contribution is 2.08. The van der Waals surface area contributed by atoms with E-state index in [1.807, 2.05) is 0 Å². The van der Waals surface area contributed by atoms with E-state index in [1.165, 1.54) is 5.56 Å². The zero-order valence-corrected chi connectivity index (χ0v) is 10.6. The topological polar surface area (TPSA) is 37.0 Å². The Kier molecular flexibility index (Phi) is 3.79. The Balaban J connectivity index is 2.03. The van der Waals surface area contributed by atoms with E-state index in [1.54, 1.807) is 4.90 Å². The van der Waals surface area contributed by atoms with Gasteiger partial charge in [0.1, 0.15) is 6.54 Å². The van der Waals surface area contributed by atoms with Gasteiger partial charge >= 0.3 is 0 Å². The van der Waals surface area contributed by atoms with Crippen molar-refractivity contribution in [1.82, 2.24) is 0 Å². The Hall–Kier alpha value is -1.35. The Morgan fingerprint density at radius 2 is 2.00 bits per heavy atom. The standard InChI is InChI=1S/C14H20N2O/c1-11-9-16(12(2)8-14(11)15-17)10-13-6-4-3-5-7-13/h3-7,11-12,17H,8-10H2,1-2H3/p+1/b15-14+/t11-,12-/m1/s1. The van der Waals surface area contributed by atoms with E-state index in [9.17, 15) is 0 Å². The maximum absolute atomic E-state index is 8.93. The third-order valence-electron chi connectivity index (χ3n) is 3.75. The maximum Gasteiger partial charge on any atom is 0.103 e. The number of likely N-dealkylation sites (tertiary alicyclic amines) is 1. The number of quaternary nitrogens is 1. The molecule has 3 nitrogen and oxygen atoms in total. The van der Waals surface area contributed by atoms with Crippen molar-refractivity contribution in [2.24, 2.45) is 11.1 Å². The summed E-state index contributed by atoms with van der Waals surface area (Å²) in [6.45, 7) is 6.49. The van der Waals surface area contributed by atoms with Crippen molar-refractivity contribution in [3.8, 4) is 0 Å². The molecule has 2 rings (SSSR count). The van der Waals surface area contributed by atoms with E-state index in [2.05, 4.69) is 49.3 Å². The fraction of sp³-hybridized carbons (Fsp3) is 0.500. The average molecular weight is 233 g/mol. The van der Waals surface area contributed by atoms with Crippen LogP contribution in [0, 0.1) is 5.92 Å². The molecule has 1 aromatic rings. The molecule has 0 saturated carbocycles. The zero-order valence-electron chi connectivity index (χ0n) is 10.6. The molecular formula is C14H21N2O+. The fourth-order valence-electron chi connectivity index (χ4n) is 2.62. The number of rotatable bonds is 2. The summed E-state index contributed by atoms with van der Waals surface area (Å²) in [5.41, 5.74) is 2.33. The number of hydrogen-bond donors (Lipinski definition) is 2. The minimum absolute atomic E-state index is 0.384. The van der Waals surface area contributed by atoms with Crippen LogP contribution in [0.2, 0.25) is 0 Å². The van der Waals surface area contributed by atoms with Crippen LogP contribution in [0.3, 0.4) is 0 Å². The summed E-state index contributed by atoms with van der Waals surface area (Å²) >= 11 is 0. The highest BCUT2D eigenvalue weighted by atomic mass is 16.4. The summed E-state index contributed by atoms with van der Waals surface area (Å²) in [6.07, 6.45) is 0.903. The van der Waals surface area contributed by atoms with Gasteiger partial charge in [0.15, 0.2) is 0 Å². The van der Waals surface area contributed by atoms with Gasteiger partial charge in [-0.3, -0.25) is 0 Å². The lowest BCUT2D eigenvalue weighted by Gasteiger charge is -2.34. The molecule has 1 heterocycles. The summed E-state index contributed by atoms with van der Waals surface area (Å²) < 4.78 is 0. The van der Waals surface area contributed by atoms with Crippen molar-refractivity contribution < 1.29 is 10.1 Å². The van der Waals surface area contributed by atoms with Crippen LogP contribution < -0.4 is 4.90 Å². The van der Waals surface area contributed by atoms with Crippen LogP contribution in [0.1, 0.15) is 25.8 Å². The number of nitrogens with one attached hydrogen (secondary N) is 1. The SMILES string of the molecule is C[C@@H]1C[NH+](Cc2ccccc2)[C@H](C)C/C1=N\O. The third-order valence-corrected chi connectivity index (χ3v) is 3.75. The number of nitrogens with zero attached hydrogens (tertiary/aromatic N) is 1. The molecule has 3 heteroatoms. The van der Waals surface area contributed by atoms with Gasteiger partial charge in [0.05, 0.1) is 18.3 Å². The average Bonchev–Trinajstić information content (AvgIpc) is 2.34. The monoisotopic (exact) mass is 233 g/mol. The molecule has 0 bridgehead atoms. The van der Waals surface area contributed by atoms with Crippen molar-refractivity contribution >= 4 is 5.71 Å². The largest absolute Gasteiger partial charge is 0.411 e. The fourth-order valence-corrected chi connectivity index (χ4v) is 2.62. The van der Waals surface area contributed by atoms with Gasteiger partial charge in [-0.05, 0) is 6.92 Å². The first-order valence-corrected chi connectivity index (χ1v) is 6.30. The molecule has 0 aliphatic carbocycles. The lowest BCUT2D eigenvalue weighted by Crippen LogP contribution is -3.16. The summed E-state index contributed by atoms with van der Waals surface area (Å²) in [5.74, 6) is 0.384. The van der Waals surface area contributed by atoms with Gasteiger partial charge in [-0.1, -0.05) is 42.4 Å². The molecule has 1 fully saturated rings. The first kappa shape index (κ1) is 12.1.